The van der Waals surface area contributed by atoms with E-state index in [0.717, 1.165) is 0 Å². The van der Waals surface area contributed by atoms with Gasteiger partial charge in [-0.2, -0.15) is 0 Å². The van der Waals surface area contributed by atoms with Crippen LogP contribution in [0.15, 0.2) is 0 Å². The lowest BCUT2D eigenvalue weighted by Gasteiger charge is -2.48. The van der Waals surface area contributed by atoms with Crippen molar-refractivity contribution >= 4 is 0 Å². The lowest BCUT2D eigenvalue weighted by atomic mass is 9.94. The summed E-state index contributed by atoms with van der Waals surface area (Å²) in [5.41, 5.74) is 0. The number of rotatable bonds is 4. The van der Waals surface area contributed by atoms with Crippen molar-refractivity contribution in [3.05, 3.63) is 0 Å². The van der Waals surface area contributed by atoms with Crippen LogP contribution in [0.5, 0.6) is 0 Å². The zero-order chi connectivity index (χ0) is 17.4. The highest BCUT2D eigenvalue weighted by Gasteiger charge is 2.55. The van der Waals surface area contributed by atoms with Crippen molar-refractivity contribution in [2.24, 2.45) is 0 Å². The molecule has 2 aliphatic rings. The molecule has 2 fully saturated rings. The molecule has 0 amide bonds. The molecule has 0 spiro atoms. The smallest absolute Gasteiger partial charge is 0.221 e. The maximum absolute atomic E-state index is 10.0. The molecule has 2 aliphatic heterocycles. The van der Waals surface area contributed by atoms with Crippen LogP contribution >= 0.6 is 0 Å². The van der Waals surface area contributed by atoms with E-state index in [1.165, 1.54) is 0 Å². The lowest BCUT2D eigenvalue weighted by molar-refractivity contribution is -0.393. The Hall–Kier alpha value is -0.440. The van der Waals surface area contributed by atoms with Crippen molar-refractivity contribution in [2.75, 3.05) is 19.8 Å². The standard InChI is InChI=1S/C12H22O11/c13-1-5-7(17)9(8(18)11(20)22-5)23-12(3-14)10(19)6(16)4(15)2-21-12/h4-11,13-20H,1-3H2/t4-,5-,6-,7+,8-,9+,10+,11-,12+/m1/s1. The fourth-order valence-corrected chi connectivity index (χ4v) is 2.60. The van der Waals surface area contributed by atoms with Gasteiger partial charge in [0.05, 0.1) is 13.2 Å². The Morgan fingerprint density at radius 1 is 0.957 bits per heavy atom. The predicted molar refractivity (Wildman–Crippen MR) is 68.6 cm³/mol. The Morgan fingerprint density at radius 2 is 1.61 bits per heavy atom. The third-order valence-electron chi connectivity index (χ3n) is 4.06. The Kier molecular flexibility index (Phi) is 5.92. The molecule has 0 radical (unpaired) electrons. The van der Waals surface area contributed by atoms with E-state index in [2.05, 4.69) is 0 Å². The second kappa shape index (κ2) is 7.21. The summed E-state index contributed by atoms with van der Waals surface area (Å²) in [5.74, 6) is -2.25. The largest absolute Gasteiger partial charge is 0.394 e. The van der Waals surface area contributed by atoms with Crippen LogP contribution in [0.4, 0.5) is 0 Å². The molecule has 136 valence electrons. The van der Waals surface area contributed by atoms with Gasteiger partial charge in [0.1, 0.15) is 49.3 Å². The second-order valence-electron chi connectivity index (χ2n) is 5.60. The molecule has 2 rings (SSSR count). The molecule has 0 aromatic carbocycles. The molecular formula is C12H22O11. The minimum absolute atomic E-state index is 0.486. The maximum atomic E-state index is 10.0. The summed E-state index contributed by atoms with van der Waals surface area (Å²) in [4.78, 5) is 0. The number of aliphatic hydroxyl groups excluding tert-OH is 8. The normalized spacial score (nSPS) is 51.7. The first kappa shape index (κ1) is 18.9. The van der Waals surface area contributed by atoms with Crippen LogP contribution in [-0.2, 0) is 14.2 Å². The first-order valence-electron chi connectivity index (χ1n) is 7.04. The average molecular weight is 342 g/mol. The third kappa shape index (κ3) is 3.36. The van der Waals surface area contributed by atoms with Gasteiger partial charge in [-0.1, -0.05) is 0 Å². The van der Waals surface area contributed by atoms with Gasteiger partial charge in [-0.15, -0.1) is 0 Å². The molecule has 0 aliphatic carbocycles. The highest BCUT2D eigenvalue weighted by molar-refractivity contribution is 4.97. The first-order valence-corrected chi connectivity index (χ1v) is 7.04. The highest BCUT2D eigenvalue weighted by atomic mass is 16.7. The quantitative estimate of drug-likeness (QED) is 0.243. The summed E-state index contributed by atoms with van der Waals surface area (Å²) >= 11 is 0. The molecule has 0 saturated carbocycles. The van der Waals surface area contributed by atoms with Crippen molar-refractivity contribution in [3.8, 4) is 0 Å². The van der Waals surface area contributed by atoms with Crippen LogP contribution in [0.3, 0.4) is 0 Å². The molecule has 11 nitrogen and oxygen atoms in total. The molecule has 0 unspecified atom stereocenters. The maximum Gasteiger partial charge on any atom is 0.221 e. The van der Waals surface area contributed by atoms with Crippen LogP contribution in [-0.4, -0.2) is 115 Å². The Balaban J connectivity index is 2.22. The van der Waals surface area contributed by atoms with E-state index in [0.29, 0.717) is 0 Å². The van der Waals surface area contributed by atoms with Gasteiger partial charge < -0.3 is 55.1 Å². The molecule has 23 heavy (non-hydrogen) atoms. The van der Waals surface area contributed by atoms with Crippen LogP contribution in [0.2, 0.25) is 0 Å². The van der Waals surface area contributed by atoms with Crippen LogP contribution in [0.1, 0.15) is 0 Å². The first-order chi connectivity index (χ1) is 10.8. The SMILES string of the molecule is OC[C@H]1O[C@@H](O)[C@H](O)[C@@H](O[C@]2(CO)OC[C@@H](O)[C@@H](O)[C@@H]2O)[C@H]1O. The number of hydrogen-bond donors (Lipinski definition) is 8. The molecule has 9 atom stereocenters. The summed E-state index contributed by atoms with van der Waals surface area (Å²) in [6.45, 7) is -2.16. The van der Waals surface area contributed by atoms with E-state index in [1.54, 1.807) is 0 Å². The summed E-state index contributed by atoms with van der Waals surface area (Å²) in [7, 11) is 0. The van der Waals surface area contributed by atoms with E-state index in [1.807, 2.05) is 0 Å². The van der Waals surface area contributed by atoms with E-state index in [4.69, 9.17) is 19.3 Å². The van der Waals surface area contributed by atoms with Gasteiger partial charge in [-0.25, -0.2) is 0 Å². The van der Waals surface area contributed by atoms with Crippen LogP contribution in [0.25, 0.3) is 0 Å². The fourth-order valence-electron chi connectivity index (χ4n) is 2.60. The molecule has 2 heterocycles. The van der Waals surface area contributed by atoms with Crippen LogP contribution < -0.4 is 0 Å². The van der Waals surface area contributed by atoms with Gasteiger partial charge in [0, 0.05) is 0 Å². The number of hydrogen-bond acceptors (Lipinski definition) is 11. The number of ether oxygens (including phenoxy) is 3. The van der Waals surface area contributed by atoms with Crippen molar-refractivity contribution in [3.63, 3.8) is 0 Å². The monoisotopic (exact) mass is 342 g/mol. The predicted octanol–water partition coefficient (Wildman–Crippen LogP) is -5.40. The lowest BCUT2D eigenvalue weighted by Crippen LogP contribution is -2.68. The molecule has 2 saturated heterocycles. The summed E-state index contributed by atoms with van der Waals surface area (Å²) < 4.78 is 15.1. The summed E-state index contributed by atoms with van der Waals surface area (Å²) in [5, 5.41) is 77.3. The Labute approximate surface area is 130 Å². The highest BCUT2D eigenvalue weighted by Crippen LogP contribution is 2.33. The van der Waals surface area contributed by atoms with E-state index in [-0.39, 0.29) is 0 Å². The fraction of sp³-hybridized carbons (Fsp3) is 1.00. The molecule has 11 heteroatoms. The second-order valence-corrected chi connectivity index (χ2v) is 5.60. The minimum Gasteiger partial charge on any atom is -0.394 e. The number of aliphatic hydroxyl groups is 8. The van der Waals surface area contributed by atoms with E-state index < -0.39 is 74.6 Å². The molecular weight excluding hydrogens is 320 g/mol. The zero-order valence-electron chi connectivity index (χ0n) is 12.0. The van der Waals surface area contributed by atoms with E-state index in [9.17, 15) is 35.7 Å². The molecule has 0 bridgehead atoms. The van der Waals surface area contributed by atoms with Gasteiger partial charge in [0.2, 0.25) is 5.79 Å². The van der Waals surface area contributed by atoms with Crippen molar-refractivity contribution < 1.29 is 55.1 Å². The average Bonchev–Trinajstić information content (AvgIpc) is 2.55. The zero-order valence-corrected chi connectivity index (χ0v) is 12.0. The van der Waals surface area contributed by atoms with E-state index >= 15 is 0 Å². The molecule has 0 aromatic rings. The van der Waals surface area contributed by atoms with Gasteiger partial charge in [-0.05, 0) is 0 Å². The van der Waals surface area contributed by atoms with Crippen LogP contribution in [0, 0.1) is 0 Å². The molecule has 0 aromatic heterocycles. The van der Waals surface area contributed by atoms with Crippen molar-refractivity contribution in [2.45, 2.75) is 54.8 Å². The Morgan fingerprint density at radius 3 is 2.17 bits per heavy atom. The van der Waals surface area contributed by atoms with Gasteiger partial charge in [0.15, 0.2) is 6.29 Å². The third-order valence-corrected chi connectivity index (χ3v) is 4.06. The van der Waals surface area contributed by atoms with Crippen molar-refractivity contribution in [1.29, 1.82) is 0 Å². The van der Waals surface area contributed by atoms with Gasteiger partial charge in [0.25, 0.3) is 0 Å². The van der Waals surface area contributed by atoms with Gasteiger partial charge >= 0.3 is 0 Å². The Bertz CT molecular complexity index is 395. The van der Waals surface area contributed by atoms with Crippen molar-refractivity contribution in [1.82, 2.24) is 0 Å². The topological polar surface area (TPSA) is 190 Å². The summed E-state index contributed by atoms with van der Waals surface area (Å²) in [6.07, 6.45) is -13.1. The minimum atomic E-state index is -2.25. The summed E-state index contributed by atoms with van der Waals surface area (Å²) in [6, 6.07) is 0. The van der Waals surface area contributed by atoms with Gasteiger partial charge in [-0.3, -0.25) is 0 Å². The molecule has 8 N–H and O–H groups in total.